The van der Waals surface area contributed by atoms with E-state index in [0.717, 1.165) is 22.5 Å². The van der Waals surface area contributed by atoms with E-state index in [1.807, 2.05) is 58.8 Å². The predicted octanol–water partition coefficient (Wildman–Crippen LogP) is 4.63. The number of benzene rings is 2. The van der Waals surface area contributed by atoms with E-state index < -0.39 is 0 Å². The second-order valence-electron chi connectivity index (χ2n) is 7.37. The molecule has 2 heterocycles. The molecule has 6 nitrogen and oxygen atoms in total. The largest absolute Gasteiger partial charge is 0.326 e. The van der Waals surface area contributed by atoms with Crippen molar-refractivity contribution in [2.45, 2.75) is 19.4 Å². The van der Waals surface area contributed by atoms with E-state index in [1.165, 1.54) is 0 Å². The Balaban J connectivity index is 1.43. The zero-order chi connectivity index (χ0) is 21.6. The molecule has 1 aliphatic rings. The van der Waals surface area contributed by atoms with Crippen LogP contribution in [-0.4, -0.2) is 29.9 Å². The van der Waals surface area contributed by atoms with Gasteiger partial charge in [0.05, 0.1) is 18.1 Å². The maximum atomic E-state index is 13.1. The second-order valence-corrected chi connectivity index (χ2v) is 8.40. The highest BCUT2D eigenvalue weighted by Crippen LogP contribution is 2.25. The van der Waals surface area contributed by atoms with Crippen molar-refractivity contribution in [2.24, 2.45) is 0 Å². The molecule has 0 radical (unpaired) electrons. The van der Waals surface area contributed by atoms with Gasteiger partial charge in [0.25, 0.3) is 0 Å². The Labute approximate surface area is 185 Å². The van der Waals surface area contributed by atoms with Gasteiger partial charge in [-0.2, -0.15) is 5.26 Å². The highest BCUT2D eigenvalue weighted by atomic mass is 32.1. The van der Waals surface area contributed by atoms with E-state index in [9.17, 15) is 9.59 Å². The zero-order valence-electron chi connectivity index (χ0n) is 17.0. The van der Waals surface area contributed by atoms with Crippen LogP contribution in [0.15, 0.2) is 66.0 Å². The van der Waals surface area contributed by atoms with E-state index in [-0.39, 0.29) is 11.9 Å². The molecule has 0 saturated carbocycles. The molecule has 3 amide bonds. The molecule has 1 saturated heterocycles. The van der Waals surface area contributed by atoms with Crippen molar-refractivity contribution < 1.29 is 9.59 Å². The number of hydrogen-bond acceptors (Lipinski definition) is 4. The van der Waals surface area contributed by atoms with Gasteiger partial charge in [-0.15, -0.1) is 11.3 Å². The summed E-state index contributed by atoms with van der Waals surface area (Å²) in [5.41, 5.74) is 3.04. The van der Waals surface area contributed by atoms with Gasteiger partial charge in [-0.05, 0) is 53.8 Å². The molecule has 0 aliphatic carbocycles. The van der Waals surface area contributed by atoms with Gasteiger partial charge < -0.3 is 10.2 Å². The van der Waals surface area contributed by atoms with Crippen molar-refractivity contribution in [2.75, 3.05) is 23.3 Å². The summed E-state index contributed by atoms with van der Waals surface area (Å²) in [4.78, 5) is 30.0. The average molecular weight is 431 g/mol. The Morgan fingerprint density at radius 2 is 1.94 bits per heavy atom. The molecule has 0 bridgehead atoms. The molecular formula is C24H22N4O2S. The minimum absolute atomic E-state index is 0.0577. The van der Waals surface area contributed by atoms with Crippen molar-refractivity contribution in [1.82, 2.24) is 4.90 Å². The smallest absolute Gasteiger partial charge is 0.324 e. The Hall–Kier alpha value is -3.63. The fourth-order valence-corrected chi connectivity index (χ4v) is 4.30. The fraction of sp³-hybridized carbons (Fsp3) is 0.208. The first-order chi connectivity index (χ1) is 15.1. The summed E-state index contributed by atoms with van der Waals surface area (Å²) in [6.45, 7) is 1.82. The number of nitrogens with one attached hydrogen (secondary N) is 1. The van der Waals surface area contributed by atoms with Crippen LogP contribution in [0, 0.1) is 11.3 Å². The van der Waals surface area contributed by atoms with Crippen molar-refractivity contribution in [1.29, 1.82) is 5.26 Å². The van der Waals surface area contributed by atoms with Crippen LogP contribution < -0.4 is 10.2 Å². The standard InChI is InChI=1S/C24H22N4O2S/c25-16-18-7-9-19(10-8-18)17-27-11-3-12-28(24(27)30)21-5-1-4-20(14-21)26-23(29)15-22-6-2-13-31-22/h1-2,4-10,13-14H,3,11-12,15,17H2,(H,26,29). The number of thiophene rings is 1. The first kappa shape index (κ1) is 20.6. The maximum Gasteiger partial charge on any atom is 0.324 e. The Kier molecular flexibility index (Phi) is 6.29. The number of rotatable bonds is 6. The number of nitriles is 1. The molecule has 1 N–H and O–H groups in total. The van der Waals surface area contributed by atoms with Crippen LogP contribution in [0.3, 0.4) is 0 Å². The number of hydrogen-bond donors (Lipinski definition) is 1. The summed E-state index contributed by atoms with van der Waals surface area (Å²) in [5.74, 6) is -0.0768. The summed E-state index contributed by atoms with van der Waals surface area (Å²) in [6, 6.07) is 20.6. The summed E-state index contributed by atoms with van der Waals surface area (Å²) in [5, 5.41) is 13.8. The van der Waals surface area contributed by atoms with E-state index in [4.69, 9.17) is 5.26 Å². The normalized spacial score (nSPS) is 13.7. The lowest BCUT2D eigenvalue weighted by molar-refractivity contribution is -0.115. The first-order valence-electron chi connectivity index (χ1n) is 10.1. The Bertz CT molecular complexity index is 1100. The number of carbonyl (C=O) groups is 2. The van der Waals surface area contributed by atoms with Crippen LogP contribution in [0.5, 0.6) is 0 Å². The molecule has 0 atom stereocenters. The summed E-state index contributed by atoms with van der Waals surface area (Å²) >= 11 is 1.56. The summed E-state index contributed by atoms with van der Waals surface area (Å²) in [7, 11) is 0. The summed E-state index contributed by atoms with van der Waals surface area (Å²) in [6.07, 6.45) is 1.19. The molecule has 1 aliphatic heterocycles. The molecule has 4 rings (SSSR count). The molecule has 1 aromatic heterocycles. The van der Waals surface area contributed by atoms with Crippen LogP contribution in [0.25, 0.3) is 0 Å². The topological polar surface area (TPSA) is 76.4 Å². The van der Waals surface area contributed by atoms with Gasteiger partial charge in [0.15, 0.2) is 0 Å². The quantitative estimate of drug-likeness (QED) is 0.619. The van der Waals surface area contributed by atoms with Crippen LogP contribution in [0.2, 0.25) is 0 Å². The zero-order valence-corrected chi connectivity index (χ0v) is 17.8. The predicted molar refractivity (Wildman–Crippen MR) is 122 cm³/mol. The fourth-order valence-electron chi connectivity index (χ4n) is 3.60. The van der Waals surface area contributed by atoms with E-state index in [2.05, 4.69) is 11.4 Å². The van der Waals surface area contributed by atoms with Gasteiger partial charge in [0, 0.05) is 35.9 Å². The lowest BCUT2D eigenvalue weighted by Gasteiger charge is -2.36. The second kappa shape index (κ2) is 9.45. The molecule has 1 fully saturated rings. The molecule has 0 spiro atoms. The van der Waals surface area contributed by atoms with Crippen molar-refractivity contribution in [3.8, 4) is 6.07 Å². The van der Waals surface area contributed by atoms with Gasteiger partial charge in [0.1, 0.15) is 0 Å². The monoisotopic (exact) mass is 430 g/mol. The van der Waals surface area contributed by atoms with Crippen LogP contribution >= 0.6 is 11.3 Å². The van der Waals surface area contributed by atoms with Crippen LogP contribution in [0.4, 0.5) is 16.2 Å². The minimum Gasteiger partial charge on any atom is -0.326 e. The SMILES string of the molecule is N#Cc1ccc(CN2CCCN(c3cccc(NC(=O)Cc4cccs4)c3)C2=O)cc1. The molecular weight excluding hydrogens is 408 g/mol. The number of anilines is 2. The van der Waals surface area contributed by atoms with Crippen LogP contribution in [-0.2, 0) is 17.8 Å². The highest BCUT2D eigenvalue weighted by molar-refractivity contribution is 7.10. The van der Waals surface area contributed by atoms with Gasteiger partial charge in [0.2, 0.25) is 5.91 Å². The third kappa shape index (κ3) is 5.11. The lowest BCUT2D eigenvalue weighted by Crippen LogP contribution is -2.49. The Morgan fingerprint density at radius 1 is 1.10 bits per heavy atom. The van der Waals surface area contributed by atoms with Crippen LogP contribution in [0.1, 0.15) is 22.4 Å². The molecule has 7 heteroatoms. The third-order valence-electron chi connectivity index (χ3n) is 5.12. The number of amides is 3. The first-order valence-corrected chi connectivity index (χ1v) is 11.0. The minimum atomic E-state index is -0.0768. The van der Waals surface area contributed by atoms with Crippen molar-refractivity contribution >= 4 is 34.6 Å². The number of urea groups is 1. The number of nitrogens with zero attached hydrogens (tertiary/aromatic N) is 3. The molecule has 0 unspecified atom stereocenters. The van der Waals surface area contributed by atoms with Crippen molar-refractivity contribution in [3.63, 3.8) is 0 Å². The van der Waals surface area contributed by atoms with Gasteiger partial charge in [-0.1, -0.05) is 24.3 Å². The van der Waals surface area contributed by atoms with E-state index in [1.54, 1.807) is 28.4 Å². The summed E-state index contributed by atoms with van der Waals surface area (Å²) < 4.78 is 0. The van der Waals surface area contributed by atoms with Crippen molar-refractivity contribution in [3.05, 3.63) is 82.0 Å². The highest BCUT2D eigenvalue weighted by Gasteiger charge is 2.27. The molecule has 31 heavy (non-hydrogen) atoms. The number of carbonyl (C=O) groups excluding carboxylic acids is 2. The molecule has 2 aromatic carbocycles. The van der Waals surface area contributed by atoms with E-state index in [0.29, 0.717) is 37.3 Å². The Morgan fingerprint density at radius 3 is 2.68 bits per heavy atom. The van der Waals surface area contributed by atoms with Gasteiger partial charge in [-0.3, -0.25) is 9.69 Å². The molecule has 3 aromatic rings. The van der Waals surface area contributed by atoms with E-state index >= 15 is 0 Å². The molecule has 156 valence electrons. The van der Waals surface area contributed by atoms with Gasteiger partial charge in [-0.25, -0.2) is 4.79 Å². The average Bonchev–Trinajstić information content (AvgIpc) is 3.29. The maximum absolute atomic E-state index is 13.1. The van der Waals surface area contributed by atoms with Gasteiger partial charge >= 0.3 is 6.03 Å². The third-order valence-corrected chi connectivity index (χ3v) is 6.00. The lowest BCUT2D eigenvalue weighted by atomic mass is 10.1.